The van der Waals surface area contributed by atoms with Crippen LogP contribution in [0.5, 0.6) is 5.75 Å². The van der Waals surface area contributed by atoms with Crippen molar-refractivity contribution < 1.29 is 17.7 Å². The molecule has 1 fully saturated rings. The van der Waals surface area contributed by atoms with Crippen LogP contribution in [0.2, 0.25) is 0 Å². The van der Waals surface area contributed by atoms with E-state index in [4.69, 9.17) is 9.26 Å². The van der Waals surface area contributed by atoms with Gasteiger partial charge in [-0.15, -0.1) is 0 Å². The van der Waals surface area contributed by atoms with Gasteiger partial charge >= 0.3 is 6.01 Å². The van der Waals surface area contributed by atoms with E-state index in [-0.39, 0.29) is 10.8 Å². The molecule has 1 saturated heterocycles. The topological polar surface area (TPSA) is 85.5 Å². The van der Waals surface area contributed by atoms with Gasteiger partial charge in [-0.25, -0.2) is 8.42 Å². The minimum absolute atomic E-state index is 0.251. The van der Waals surface area contributed by atoms with Crippen LogP contribution in [-0.4, -0.2) is 44.5 Å². The highest BCUT2D eigenvalue weighted by atomic mass is 32.2. The van der Waals surface area contributed by atoms with Crippen molar-refractivity contribution in [1.29, 1.82) is 0 Å². The summed E-state index contributed by atoms with van der Waals surface area (Å²) in [6.45, 7) is 6.34. The van der Waals surface area contributed by atoms with Crippen molar-refractivity contribution in [3.8, 4) is 5.75 Å². The molecule has 2 aromatic rings. The van der Waals surface area contributed by atoms with Gasteiger partial charge in [0.15, 0.2) is 15.7 Å². The first-order chi connectivity index (χ1) is 12.3. The molecule has 0 N–H and O–H groups in total. The molecule has 2 heterocycles. The van der Waals surface area contributed by atoms with Crippen LogP contribution in [0.15, 0.2) is 33.7 Å². The van der Waals surface area contributed by atoms with Crippen molar-refractivity contribution in [2.45, 2.75) is 37.5 Å². The Labute approximate surface area is 154 Å². The molecule has 0 bridgehead atoms. The summed E-state index contributed by atoms with van der Waals surface area (Å²) >= 11 is 0. The molecule has 1 aromatic carbocycles. The molecule has 0 unspecified atom stereocenters. The first-order valence-corrected chi connectivity index (χ1v) is 10.7. The summed E-state index contributed by atoms with van der Waals surface area (Å²) in [7, 11) is -3.22. The average Bonchev–Trinajstić information content (AvgIpc) is 3.10. The molecule has 0 aliphatic carbocycles. The third-order valence-corrected chi connectivity index (χ3v) is 5.66. The fourth-order valence-corrected chi connectivity index (χ4v) is 3.54. The molecule has 26 heavy (non-hydrogen) atoms. The van der Waals surface area contributed by atoms with E-state index in [0.717, 1.165) is 31.8 Å². The Hall–Kier alpha value is -2.09. The lowest BCUT2D eigenvalue weighted by Gasteiger charge is -2.30. The molecule has 8 heteroatoms. The van der Waals surface area contributed by atoms with Crippen LogP contribution in [0.3, 0.4) is 0 Å². The van der Waals surface area contributed by atoms with Gasteiger partial charge in [-0.3, -0.25) is 0 Å². The van der Waals surface area contributed by atoms with Gasteiger partial charge in [0.25, 0.3) is 0 Å². The normalized spacial score (nSPS) is 16.2. The van der Waals surface area contributed by atoms with Crippen molar-refractivity contribution in [3.63, 3.8) is 0 Å². The Balaban J connectivity index is 1.51. The van der Waals surface area contributed by atoms with E-state index < -0.39 is 9.84 Å². The van der Waals surface area contributed by atoms with Gasteiger partial charge in [0, 0.05) is 25.3 Å². The minimum Gasteiger partial charge on any atom is -0.493 e. The zero-order valence-corrected chi connectivity index (χ0v) is 16.2. The molecule has 7 nitrogen and oxygen atoms in total. The second kappa shape index (κ2) is 7.65. The first-order valence-electron chi connectivity index (χ1n) is 8.84. The standard InChI is InChI=1S/C18H25N3O4S/c1-13(2)17-19-18(25-20-17)21-9-7-14(8-10-21)12-24-15-5-4-6-16(11-15)26(3,22)23/h4-6,11,13-14H,7-10,12H2,1-3H3. The molecular weight excluding hydrogens is 354 g/mol. The number of nitrogens with zero attached hydrogens (tertiary/aromatic N) is 3. The highest BCUT2D eigenvalue weighted by Crippen LogP contribution is 2.25. The summed E-state index contributed by atoms with van der Waals surface area (Å²) in [5.41, 5.74) is 0. The number of benzene rings is 1. The molecule has 0 radical (unpaired) electrons. The summed E-state index contributed by atoms with van der Waals surface area (Å²) in [5.74, 6) is 1.99. The number of hydrogen-bond acceptors (Lipinski definition) is 7. The maximum atomic E-state index is 11.6. The number of hydrogen-bond donors (Lipinski definition) is 0. The van der Waals surface area contributed by atoms with E-state index in [0.29, 0.717) is 24.3 Å². The molecule has 1 aromatic heterocycles. The van der Waals surface area contributed by atoms with Crippen LogP contribution in [0, 0.1) is 5.92 Å². The van der Waals surface area contributed by atoms with Crippen molar-refractivity contribution in [2.24, 2.45) is 5.92 Å². The van der Waals surface area contributed by atoms with Gasteiger partial charge < -0.3 is 14.2 Å². The lowest BCUT2D eigenvalue weighted by Crippen LogP contribution is -2.35. The molecular formula is C18H25N3O4S. The Morgan fingerprint density at radius 1 is 1.31 bits per heavy atom. The fourth-order valence-electron chi connectivity index (χ4n) is 2.89. The summed E-state index contributed by atoms with van der Waals surface area (Å²) in [5, 5.41) is 4.01. The number of piperidine rings is 1. The maximum Gasteiger partial charge on any atom is 0.324 e. The zero-order valence-electron chi connectivity index (χ0n) is 15.4. The lowest BCUT2D eigenvalue weighted by molar-refractivity contribution is 0.219. The number of sulfone groups is 1. The predicted octanol–water partition coefficient (Wildman–Crippen LogP) is 2.89. The highest BCUT2D eigenvalue weighted by Gasteiger charge is 2.24. The smallest absolute Gasteiger partial charge is 0.324 e. The van der Waals surface area contributed by atoms with E-state index in [2.05, 4.69) is 15.0 Å². The number of anilines is 1. The van der Waals surface area contributed by atoms with Gasteiger partial charge in [0.2, 0.25) is 0 Å². The number of ether oxygens (including phenoxy) is 1. The highest BCUT2D eigenvalue weighted by molar-refractivity contribution is 7.90. The second-order valence-corrected chi connectivity index (χ2v) is 9.09. The summed E-state index contributed by atoms with van der Waals surface area (Å²) in [6, 6.07) is 7.24. The van der Waals surface area contributed by atoms with Crippen LogP contribution in [0.1, 0.15) is 38.4 Å². The Morgan fingerprint density at radius 2 is 2.04 bits per heavy atom. The molecule has 0 spiro atoms. The maximum absolute atomic E-state index is 11.6. The third kappa shape index (κ3) is 4.55. The Morgan fingerprint density at radius 3 is 2.65 bits per heavy atom. The monoisotopic (exact) mass is 379 g/mol. The summed E-state index contributed by atoms with van der Waals surface area (Å²) < 4.78 is 34.4. The summed E-state index contributed by atoms with van der Waals surface area (Å²) in [6.07, 6.45) is 3.13. The second-order valence-electron chi connectivity index (χ2n) is 7.08. The van der Waals surface area contributed by atoms with Crippen LogP contribution in [-0.2, 0) is 9.84 Å². The fraction of sp³-hybridized carbons (Fsp3) is 0.556. The van der Waals surface area contributed by atoms with Crippen LogP contribution in [0.25, 0.3) is 0 Å². The van der Waals surface area contributed by atoms with E-state index in [1.54, 1.807) is 24.3 Å². The molecule has 3 rings (SSSR count). The minimum atomic E-state index is -3.22. The average molecular weight is 379 g/mol. The van der Waals surface area contributed by atoms with Crippen molar-refractivity contribution >= 4 is 15.9 Å². The van der Waals surface area contributed by atoms with Gasteiger partial charge in [-0.05, 0) is 37.0 Å². The third-order valence-electron chi connectivity index (χ3n) is 4.55. The van der Waals surface area contributed by atoms with Crippen LogP contribution in [0.4, 0.5) is 6.01 Å². The molecule has 0 amide bonds. The zero-order chi connectivity index (χ0) is 18.7. The Bertz CT molecular complexity index is 840. The van der Waals surface area contributed by atoms with Gasteiger partial charge in [0.1, 0.15) is 5.75 Å². The van der Waals surface area contributed by atoms with Crippen LogP contribution < -0.4 is 9.64 Å². The van der Waals surface area contributed by atoms with Crippen molar-refractivity contribution in [1.82, 2.24) is 10.1 Å². The van der Waals surface area contributed by atoms with E-state index in [1.165, 1.54) is 6.26 Å². The van der Waals surface area contributed by atoms with Gasteiger partial charge in [0.05, 0.1) is 11.5 Å². The van der Waals surface area contributed by atoms with E-state index in [9.17, 15) is 8.42 Å². The molecule has 1 aliphatic rings. The quantitative estimate of drug-likeness (QED) is 0.763. The predicted molar refractivity (Wildman–Crippen MR) is 98.4 cm³/mol. The molecule has 1 aliphatic heterocycles. The molecule has 0 saturated carbocycles. The SMILES string of the molecule is CC(C)c1noc(N2CCC(COc3cccc(S(C)(=O)=O)c3)CC2)n1. The van der Waals surface area contributed by atoms with Crippen molar-refractivity contribution in [3.05, 3.63) is 30.1 Å². The molecule has 142 valence electrons. The number of rotatable bonds is 6. The number of aromatic nitrogens is 2. The van der Waals surface area contributed by atoms with E-state index >= 15 is 0 Å². The van der Waals surface area contributed by atoms with Gasteiger partial charge in [-0.1, -0.05) is 25.1 Å². The van der Waals surface area contributed by atoms with Crippen molar-refractivity contribution in [2.75, 3.05) is 30.9 Å². The lowest BCUT2D eigenvalue weighted by atomic mass is 9.98. The summed E-state index contributed by atoms with van der Waals surface area (Å²) in [4.78, 5) is 6.84. The van der Waals surface area contributed by atoms with Gasteiger partial charge in [-0.2, -0.15) is 4.98 Å². The first kappa shape index (κ1) is 18.7. The van der Waals surface area contributed by atoms with Crippen LogP contribution >= 0.6 is 0 Å². The Kier molecular flexibility index (Phi) is 5.50. The van der Waals surface area contributed by atoms with E-state index in [1.807, 2.05) is 13.8 Å². The largest absolute Gasteiger partial charge is 0.493 e. The molecule has 0 atom stereocenters.